The van der Waals surface area contributed by atoms with Crippen LogP contribution in [-0.4, -0.2) is 23.3 Å². The molecule has 1 amide bonds. The third kappa shape index (κ3) is 4.65. The van der Waals surface area contributed by atoms with E-state index in [4.69, 9.17) is 0 Å². The molecule has 0 saturated carbocycles. The first kappa shape index (κ1) is 11.8. The predicted octanol–water partition coefficient (Wildman–Crippen LogP) is 1.70. The highest BCUT2D eigenvalue weighted by atomic mass is 32.2. The van der Waals surface area contributed by atoms with Gasteiger partial charge >= 0.3 is 0 Å². The van der Waals surface area contributed by atoms with Gasteiger partial charge in [-0.1, -0.05) is 30.0 Å². The van der Waals surface area contributed by atoms with E-state index in [1.54, 1.807) is 12.1 Å². The van der Waals surface area contributed by atoms with E-state index in [0.717, 1.165) is 0 Å². The zero-order chi connectivity index (χ0) is 11.1. The lowest BCUT2D eigenvalue weighted by molar-refractivity contribution is -0.109. The smallest absolute Gasteiger partial charge is 0.251 e. The Labute approximate surface area is 93.3 Å². The predicted molar refractivity (Wildman–Crippen MR) is 61.9 cm³/mol. The van der Waals surface area contributed by atoms with Crippen LogP contribution in [0.3, 0.4) is 0 Å². The molecule has 0 fully saturated rings. The highest BCUT2D eigenvalue weighted by Gasteiger charge is 2.02. The van der Waals surface area contributed by atoms with Gasteiger partial charge < -0.3 is 5.32 Å². The molecule has 0 aromatic heterocycles. The van der Waals surface area contributed by atoms with Gasteiger partial charge in [-0.25, -0.2) is 0 Å². The van der Waals surface area contributed by atoms with Crippen molar-refractivity contribution in [2.45, 2.75) is 6.92 Å². The summed E-state index contributed by atoms with van der Waals surface area (Å²) in [4.78, 5) is 22.1. The molecule has 1 aromatic rings. The molecule has 0 spiro atoms. The molecule has 3 nitrogen and oxygen atoms in total. The number of nitrogens with one attached hydrogen (secondary N) is 1. The Morgan fingerprint density at radius 2 is 1.93 bits per heavy atom. The van der Waals surface area contributed by atoms with Crippen LogP contribution in [-0.2, 0) is 4.79 Å². The minimum Gasteiger partial charge on any atom is -0.351 e. The zero-order valence-electron chi connectivity index (χ0n) is 8.53. The minimum atomic E-state index is -0.0975. The van der Waals surface area contributed by atoms with E-state index in [9.17, 15) is 9.59 Å². The fraction of sp³-hybridized carbons (Fsp3) is 0.273. The number of hydrogen-bond donors (Lipinski definition) is 1. The lowest BCUT2D eigenvalue weighted by atomic mass is 10.2. The third-order valence-electron chi connectivity index (χ3n) is 1.73. The Bertz CT molecular complexity index is 338. The number of benzene rings is 1. The molecule has 0 atom stereocenters. The monoisotopic (exact) mass is 223 g/mol. The Balaban J connectivity index is 2.28. The van der Waals surface area contributed by atoms with E-state index in [1.165, 1.54) is 18.7 Å². The Morgan fingerprint density at radius 1 is 1.27 bits per heavy atom. The van der Waals surface area contributed by atoms with Crippen LogP contribution in [0, 0.1) is 0 Å². The molecule has 1 N–H and O–H groups in total. The van der Waals surface area contributed by atoms with Gasteiger partial charge in [-0.15, -0.1) is 0 Å². The quantitative estimate of drug-likeness (QED) is 0.790. The largest absolute Gasteiger partial charge is 0.351 e. The molecular formula is C11H13NO2S. The van der Waals surface area contributed by atoms with Crippen molar-refractivity contribution in [2.75, 3.05) is 12.3 Å². The molecule has 1 aromatic carbocycles. The maximum atomic E-state index is 11.5. The van der Waals surface area contributed by atoms with Crippen LogP contribution < -0.4 is 5.32 Å². The van der Waals surface area contributed by atoms with Gasteiger partial charge in [-0.3, -0.25) is 9.59 Å². The fourth-order valence-electron chi connectivity index (χ4n) is 1.05. The average molecular weight is 223 g/mol. The molecular weight excluding hydrogens is 210 g/mol. The molecule has 0 aliphatic heterocycles. The van der Waals surface area contributed by atoms with E-state index < -0.39 is 0 Å². The summed E-state index contributed by atoms with van der Waals surface area (Å²) >= 11 is 1.21. The lowest BCUT2D eigenvalue weighted by Crippen LogP contribution is -2.25. The Morgan fingerprint density at radius 3 is 2.53 bits per heavy atom. The Hall–Kier alpha value is -1.29. The van der Waals surface area contributed by atoms with Crippen molar-refractivity contribution in [3.8, 4) is 0 Å². The van der Waals surface area contributed by atoms with Crippen molar-refractivity contribution < 1.29 is 9.59 Å². The van der Waals surface area contributed by atoms with E-state index in [-0.39, 0.29) is 11.0 Å². The summed E-state index contributed by atoms with van der Waals surface area (Å²) in [5, 5.41) is 2.82. The molecule has 0 radical (unpaired) electrons. The standard InChI is InChI=1S/C11H13NO2S/c1-9(13)15-8-7-12-11(14)10-5-3-2-4-6-10/h2-6H,7-8H2,1H3,(H,12,14). The number of thioether (sulfide) groups is 1. The fourth-order valence-corrected chi connectivity index (χ4v) is 1.54. The van der Waals surface area contributed by atoms with Crippen molar-refractivity contribution in [3.63, 3.8) is 0 Å². The molecule has 0 aliphatic carbocycles. The van der Waals surface area contributed by atoms with Crippen molar-refractivity contribution in [1.29, 1.82) is 0 Å². The molecule has 0 unspecified atom stereocenters. The van der Waals surface area contributed by atoms with Gasteiger partial charge in [0.2, 0.25) is 0 Å². The maximum absolute atomic E-state index is 11.5. The number of carbonyl (C=O) groups is 2. The lowest BCUT2D eigenvalue weighted by Gasteiger charge is -2.03. The first-order valence-electron chi connectivity index (χ1n) is 4.67. The van der Waals surface area contributed by atoms with Crippen molar-refractivity contribution in [2.24, 2.45) is 0 Å². The molecule has 15 heavy (non-hydrogen) atoms. The SMILES string of the molecule is CC(=O)SCCNC(=O)c1ccccc1. The third-order valence-corrected chi connectivity index (χ3v) is 2.54. The highest BCUT2D eigenvalue weighted by Crippen LogP contribution is 2.00. The summed E-state index contributed by atoms with van der Waals surface area (Å²) in [5.41, 5.74) is 0.644. The molecule has 4 heteroatoms. The number of amides is 1. The second kappa shape index (κ2) is 6.24. The van der Waals surface area contributed by atoms with Gasteiger partial charge in [0.05, 0.1) is 0 Å². The van der Waals surface area contributed by atoms with Gasteiger partial charge in [0.1, 0.15) is 0 Å². The van der Waals surface area contributed by atoms with Crippen LogP contribution in [0.5, 0.6) is 0 Å². The van der Waals surface area contributed by atoms with E-state index >= 15 is 0 Å². The summed E-state index contributed by atoms with van der Waals surface area (Å²) in [6.07, 6.45) is 0. The van der Waals surface area contributed by atoms with Crippen LogP contribution in [0.25, 0.3) is 0 Å². The second-order valence-electron chi connectivity index (χ2n) is 2.96. The van der Waals surface area contributed by atoms with Crippen LogP contribution >= 0.6 is 11.8 Å². The molecule has 0 saturated heterocycles. The molecule has 1 rings (SSSR count). The maximum Gasteiger partial charge on any atom is 0.251 e. The van der Waals surface area contributed by atoms with Gasteiger partial charge in [0.15, 0.2) is 5.12 Å². The zero-order valence-corrected chi connectivity index (χ0v) is 9.34. The normalized spacial score (nSPS) is 9.67. The minimum absolute atomic E-state index is 0.0731. The van der Waals surface area contributed by atoms with Gasteiger partial charge in [-0.2, -0.15) is 0 Å². The van der Waals surface area contributed by atoms with Gasteiger partial charge in [0.25, 0.3) is 5.91 Å². The van der Waals surface area contributed by atoms with Gasteiger partial charge in [0, 0.05) is 24.8 Å². The van der Waals surface area contributed by atoms with Crippen LogP contribution in [0.2, 0.25) is 0 Å². The summed E-state index contributed by atoms with van der Waals surface area (Å²) < 4.78 is 0. The van der Waals surface area contributed by atoms with Crippen molar-refractivity contribution in [1.82, 2.24) is 5.32 Å². The van der Waals surface area contributed by atoms with Crippen LogP contribution in [0.15, 0.2) is 30.3 Å². The summed E-state index contributed by atoms with van der Waals surface area (Å²) in [5.74, 6) is 0.522. The summed E-state index contributed by atoms with van der Waals surface area (Å²) in [6, 6.07) is 9.02. The second-order valence-corrected chi connectivity index (χ2v) is 4.23. The average Bonchev–Trinajstić information content (AvgIpc) is 2.25. The molecule has 0 bridgehead atoms. The number of hydrogen-bond acceptors (Lipinski definition) is 3. The van der Waals surface area contributed by atoms with Crippen molar-refractivity contribution in [3.05, 3.63) is 35.9 Å². The van der Waals surface area contributed by atoms with E-state index in [0.29, 0.717) is 17.9 Å². The number of rotatable bonds is 4. The summed E-state index contributed by atoms with van der Waals surface area (Å²) in [6.45, 7) is 2.03. The first-order chi connectivity index (χ1) is 7.20. The molecule has 0 aliphatic rings. The van der Waals surface area contributed by atoms with Gasteiger partial charge in [-0.05, 0) is 12.1 Å². The van der Waals surface area contributed by atoms with Crippen LogP contribution in [0.4, 0.5) is 0 Å². The summed E-state index contributed by atoms with van der Waals surface area (Å²) in [7, 11) is 0. The first-order valence-corrected chi connectivity index (χ1v) is 5.65. The van der Waals surface area contributed by atoms with Crippen molar-refractivity contribution >= 4 is 22.8 Å². The van der Waals surface area contributed by atoms with E-state index in [1.807, 2.05) is 18.2 Å². The molecule has 0 heterocycles. The number of carbonyl (C=O) groups excluding carboxylic acids is 2. The molecule has 80 valence electrons. The highest BCUT2D eigenvalue weighted by molar-refractivity contribution is 8.13. The van der Waals surface area contributed by atoms with E-state index in [2.05, 4.69) is 5.32 Å². The topological polar surface area (TPSA) is 46.2 Å². The van der Waals surface area contributed by atoms with Crippen LogP contribution in [0.1, 0.15) is 17.3 Å². The Kier molecular flexibility index (Phi) is 4.90.